The maximum atomic E-state index is 10.7. The van der Waals surface area contributed by atoms with Crippen molar-refractivity contribution in [2.24, 2.45) is 0 Å². The normalized spacial score (nSPS) is 19.5. The van der Waals surface area contributed by atoms with E-state index >= 15 is 0 Å². The highest BCUT2D eigenvalue weighted by atomic mass is 16.5. The van der Waals surface area contributed by atoms with Crippen molar-refractivity contribution in [1.82, 2.24) is 19.9 Å². The Labute approximate surface area is 87.8 Å². The van der Waals surface area contributed by atoms with Crippen molar-refractivity contribution in [2.75, 3.05) is 39.8 Å². The SMILES string of the molecule is CN1CCN(CCc2noc(=O)[nH]2)CC1. The van der Waals surface area contributed by atoms with Gasteiger partial charge in [-0.1, -0.05) is 5.16 Å². The number of hydrogen-bond acceptors (Lipinski definition) is 5. The van der Waals surface area contributed by atoms with Gasteiger partial charge in [0.05, 0.1) is 0 Å². The van der Waals surface area contributed by atoms with Crippen LogP contribution in [0.25, 0.3) is 0 Å². The van der Waals surface area contributed by atoms with Crippen LogP contribution >= 0.6 is 0 Å². The molecule has 0 aromatic carbocycles. The smallest absolute Gasteiger partial charge is 0.304 e. The molecule has 0 aliphatic carbocycles. The molecule has 1 fully saturated rings. The van der Waals surface area contributed by atoms with Crippen LogP contribution in [-0.4, -0.2) is 59.7 Å². The third-order valence-corrected chi connectivity index (χ3v) is 2.75. The van der Waals surface area contributed by atoms with Crippen LogP contribution in [0, 0.1) is 0 Å². The van der Waals surface area contributed by atoms with Crippen molar-refractivity contribution in [3.8, 4) is 0 Å². The van der Waals surface area contributed by atoms with E-state index in [1.807, 2.05) is 0 Å². The molecule has 2 heterocycles. The van der Waals surface area contributed by atoms with Crippen LogP contribution in [0.5, 0.6) is 0 Å². The largest absolute Gasteiger partial charge is 0.438 e. The molecule has 0 saturated carbocycles. The lowest BCUT2D eigenvalue weighted by molar-refractivity contribution is 0.154. The molecule has 1 aliphatic rings. The first-order valence-corrected chi connectivity index (χ1v) is 5.20. The van der Waals surface area contributed by atoms with Gasteiger partial charge in [-0.2, -0.15) is 0 Å². The van der Waals surface area contributed by atoms with Gasteiger partial charge in [-0.25, -0.2) is 4.79 Å². The van der Waals surface area contributed by atoms with Gasteiger partial charge in [-0.3, -0.25) is 9.51 Å². The van der Waals surface area contributed by atoms with Crippen molar-refractivity contribution in [3.05, 3.63) is 16.4 Å². The summed E-state index contributed by atoms with van der Waals surface area (Å²) < 4.78 is 4.43. The molecular weight excluding hydrogens is 196 g/mol. The van der Waals surface area contributed by atoms with Gasteiger partial charge in [0.15, 0.2) is 5.82 Å². The Morgan fingerprint density at radius 2 is 2.13 bits per heavy atom. The minimum Gasteiger partial charge on any atom is -0.304 e. The Kier molecular flexibility index (Phi) is 3.17. The summed E-state index contributed by atoms with van der Waals surface area (Å²) in [5.74, 6) is 0.169. The zero-order chi connectivity index (χ0) is 10.7. The van der Waals surface area contributed by atoms with Crippen LogP contribution in [0.15, 0.2) is 9.32 Å². The van der Waals surface area contributed by atoms with Gasteiger partial charge in [0, 0.05) is 39.1 Å². The second-order valence-electron chi connectivity index (χ2n) is 3.94. The summed E-state index contributed by atoms with van der Waals surface area (Å²) in [4.78, 5) is 17.9. The van der Waals surface area contributed by atoms with Gasteiger partial charge >= 0.3 is 5.76 Å². The lowest BCUT2D eigenvalue weighted by Crippen LogP contribution is -2.45. The van der Waals surface area contributed by atoms with Crippen LogP contribution in [0.4, 0.5) is 0 Å². The van der Waals surface area contributed by atoms with Crippen molar-refractivity contribution in [1.29, 1.82) is 0 Å². The minimum atomic E-state index is -0.469. The van der Waals surface area contributed by atoms with Gasteiger partial charge in [-0.15, -0.1) is 0 Å². The van der Waals surface area contributed by atoms with Crippen LogP contribution in [0.2, 0.25) is 0 Å². The maximum Gasteiger partial charge on any atom is 0.438 e. The summed E-state index contributed by atoms with van der Waals surface area (Å²) in [5.41, 5.74) is 0. The molecule has 15 heavy (non-hydrogen) atoms. The molecule has 6 heteroatoms. The number of nitrogens with zero attached hydrogens (tertiary/aromatic N) is 3. The summed E-state index contributed by atoms with van der Waals surface area (Å²) in [6.07, 6.45) is 0.745. The second-order valence-corrected chi connectivity index (χ2v) is 3.94. The van der Waals surface area contributed by atoms with E-state index in [2.05, 4.69) is 31.5 Å². The fourth-order valence-electron chi connectivity index (χ4n) is 1.70. The number of aromatic amines is 1. The Morgan fingerprint density at radius 3 is 2.73 bits per heavy atom. The molecule has 0 amide bonds. The fourth-order valence-corrected chi connectivity index (χ4v) is 1.70. The Morgan fingerprint density at radius 1 is 1.40 bits per heavy atom. The number of likely N-dealkylation sites (N-methyl/N-ethyl adjacent to an activating group) is 1. The van der Waals surface area contributed by atoms with E-state index in [0.29, 0.717) is 5.82 Å². The average molecular weight is 212 g/mol. The lowest BCUT2D eigenvalue weighted by Gasteiger charge is -2.31. The summed E-state index contributed by atoms with van der Waals surface area (Å²) in [6.45, 7) is 5.30. The summed E-state index contributed by atoms with van der Waals surface area (Å²) >= 11 is 0. The van der Waals surface area contributed by atoms with E-state index < -0.39 is 5.76 Å². The maximum absolute atomic E-state index is 10.7. The predicted octanol–water partition coefficient (Wildman–Crippen LogP) is -0.847. The molecule has 0 unspecified atom stereocenters. The van der Waals surface area contributed by atoms with Crippen LogP contribution < -0.4 is 5.76 Å². The van der Waals surface area contributed by atoms with E-state index in [9.17, 15) is 4.79 Å². The van der Waals surface area contributed by atoms with E-state index in [-0.39, 0.29) is 0 Å². The fraction of sp³-hybridized carbons (Fsp3) is 0.778. The lowest BCUT2D eigenvalue weighted by atomic mass is 10.3. The molecule has 0 bridgehead atoms. The molecular formula is C9H16N4O2. The Balaban J connectivity index is 1.76. The van der Waals surface area contributed by atoms with Crippen LogP contribution in [-0.2, 0) is 6.42 Å². The number of H-pyrrole nitrogens is 1. The molecule has 1 aliphatic heterocycles. The second kappa shape index (κ2) is 4.59. The van der Waals surface area contributed by atoms with Gasteiger partial charge in [0.1, 0.15) is 0 Å². The van der Waals surface area contributed by atoms with Crippen molar-refractivity contribution in [2.45, 2.75) is 6.42 Å². The highest BCUT2D eigenvalue weighted by Gasteiger charge is 2.13. The summed E-state index contributed by atoms with van der Waals surface area (Å²) in [6, 6.07) is 0. The first kappa shape index (κ1) is 10.4. The first-order chi connectivity index (χ1) is 7.24. The third kappa shape index (κ3) is 2.90. The molecule has 1 aromatic heterocycles. The van der Waals surface area contributed by atoms with Crippen LogP contribution in [0.1, 0.15) is 5.82 Å². The zero-order valence-electron chi connectivity index (χ0n) is 8.90. The molecule has 1 N–H and O–H groups in total. The highest BCUT2D eigenvalue weighted by Crippen LogP contribution is 2.00. The molecule has 1 saturated heterocycles. The standard InChI is InChI=1S/C9H16N4O2/c1-12-4-6-13(7-5-12)3-2-8-10-9(14)15-11-8/h2-7H2,1H3,(H,10,11,14). The topological polar surface area (TPSA) is 65.4 Å². The van der Waals surface area contributed by atoms with Gasteiger partial charge in [0.2, 0.25) is 0 Å². The monoisotopic (exact) mass is 212 g/mol. The molecule has 84 valence electrons. The number of nitrogens with one attached hydrogen (secondary N) is 1. The molecule has 0 spiro atoms. The van der Waals surface area contributed by atoms with E-state index in [1.54, 1.807) is 0 Å². The third-order valence-electron chi connectivity index (χ3n) is 2.75. The molecule has 6 nitrogen and oxygen atoms in total. The number of hydrogen-bond donors (Lipinski definition) is 1. The van der Waals surface area contributed by atoms with E-state index in [1.165, 1.54) is 0 Å². The van der Waals surface area contributed by atoms with Crippen LogP contribution in [0.3, 0.4) is 0 Å². The molecule has 0 radical (unpaired) electrons. The number of aromatic nitrogens is 2. The van der Waals surface area contributed by atoms with Gasteiger partial charge in [-0.05, 0) is 7.05 Å². The number of rotatable bonds is 3. The Hall–Kier alpha value is -1.14. The first-order valence-electron chi connectivity index (χ1n) is 5.20. The van der Waals surface area contributed by atoms with Crippen molar-refractivity contribution >= 4 is 0 Å². The van der Waals surface area contributed by atoms with E-state index in [4.69, 9.17) is 0 Å². The minimum absolute atomic E-state index is 0.469. The quantitative estimate of drug-likeness (QED) is 0.707. The Bertz CT molecular complexity index is 351. The zero-order valence-corrected chi connectivity index (χ0v) is 8.90. The van der Waals surface area contributed by atoms with Gasteiger partial charge in [0.25, 0.3) is 0 Å². The summed E-state index contributed by atoms with van der Waals surface area (Å²) in [5, 5.41) is 3.63. The predicted molar refractivity (Wildman–Crippen MR) is 54.8 cm³/mol. The molecule has 2 rings (SSSR count). The van der Waals surface area contributed by atoms with Gasteiger partial charge < -0.3 is 9.80 Å². The van der Waals surface area contributed by atoms with Crippen molar-refractivity contribution < 1.29 is 4.52 Å². The molecule has 0 atom stereocenters. The van der Waals surface area contributed by atoms with E-state index in [0.717, 1.165) is 39.1 Å². The number of piperazine rings is 1. The average Bonchev–Trinajstić information content (AvgIpc) is 2.64. The molecule has 1 aromatic rings. The highest BCUT2D eigenvalue weighted by molar-refractivity contribution is 4.81. The summed E-state index contributed by atoms with van der Waals surface area (Å²) in [7, 11) is 2.13. The van der Waals surface area contributed by atoms with Crippen molar-refractivity contribution in [3.63, 3.8) is 0 Å².